The molecule has 0 fully saturated rings. The molecule has 0 radical (unpaired) electrons. The summed E-state index contributed by atoms with van der Waals surface area (Å²) in [5, 5.41) is 8.83. The molecule has 0 saturated heterocycles. The summed E-state index contributed by atoms with van der Waals surface area (Å²) in [6, 6.07) is 5.30. The topological polar surface area (TPSA) is 55.8 Å². The molecule has 1 atom stereocenters. The summed E-state index contributed by atoms with van der Waals surface area (Å²) in [6.45, 7) is 0.114. The first-order valence-electron chi connectivity index (χ1n) is 5.23. The molecule has 1 aliphatic heterocycles. The number of ether oxygens (including phenoxy) is 2. The Hall–Kier alpha value is -1.55. The van der Waals surface area contributed by atoms with Gasteiger partial charge in [-0.3, -0.25) is 0 Å². The number of rotatable bonds is 3. The molecular formula is C12H14O4. The highest BCUT2D eigenvalue weighted by molar-refractivity contribution is 5.90. The smallest absolute Gasteiger partial charge is 0.337 e. The zero-order valence-electron chi connectivity index (χ0n) is 9.10. The average Bonchev–Trinajstić information content (AvgIpc) is 2.69. The lowest BCUT2D eigenvalue weighted by Crippen LogP contribution is -2.14. The molecule has 0 aromatic heterocycles. The number of hydrogen-bond donors (Lipinski definition) is 1. The minimum atomic E-state index is -0.364. The third-order valence-electron chi connectivity index (χ3n) is 2.68. The number of aliphatic hydroxyl groups is 1. The minimum absolute atomic E-state index is 0.0212. The zero-order valence-corrected chi connectivity index (χ0v) is 9.10. The Labute approximate surface area is 93.8 Å². The van der Waals surface area contributed by atoms with Crippen molar-refractivity contribution in [2.45, 2.75) is 18.9 Å². The van der Waals surface area contributed by atoms with E-state index in [0.717, 1.165) is 17.7 Å². The number of esters is 1. The molecule has 0 saturated carbocycles. The SMILES string of the molecule is COC(=O)c1ccc2c(c1)OC(CCO)C2. The van der Waals surface area contributed by atoms with Crippen LogP contribution in [0.15, 0.2) is 18.2 Å². The molecule has 1 N–H and O–H groups in total. The summed E-state index contributed by atoms with van der Waals surface area (Å²) < 4.78 is 10.3. The number of benzene rings is 1. The summed E-state index contributed by atoms with van der Waals surface area (Å²) in [5.74, 6) is 0.360. The molecule has 0 amide bonds. The Bertz CT molecular complexity index is 400. The van der Waals surface area contributed by atoms with E-state index in [0.29, 0.717) is 12.0 Å². The van der Waals surface area contributed by atoms with E-state index in [-0.39, 0.29) is 18.7 Å². The van der Waals surface area contributed by atoms with Gasteiger partial charge in [-0.2, -0.15) is 0 Å². The predicted molar refractivity (Wildman–Crippen MR) is 57.6 cm³/mol. The normalized spacial score (nSPS) is 17.8. The fourth-order valence-electron chi connectivity index (χ4n) is 1.85. The Morgan fingerprint density at radius 3 is 3.12 bits per heavy atom. The minimum Gasteiger partial charge on any atom is -0.490 e. The molecule has 86 valence electrons. The molecule has 0 bridgehead atoms. The molecular weight excluding hydrogens is 208 g/mol. The van der Waals surface area contributed by atoms with Gasteiger partial charge in [-0.05, 0) is 17.7 Å². The lowest BCUT2D eigenvalue weighted by molar-refractivity contribution is 0.0600. The van der Waals surface area contributed by atoms with E-state index in [1.165, 1.54) is 7.11 Å². The fraction of sp³-hybridized carbons (Fsp3) is 0.417. The van der Waals surface area contributed by atoms with Gasteiger partial charge in [-0.25, -0.2) is 4.79 Å². The number of hydrogen-bond acceptors (Lipinski definition) is 4. The first-order valence-corrected chi connectivity index (χ1v) is 5.23. The van der Waals surface area contributed by atoms with Crippen LogP contribution in [0.2, 0.25) is 0 Å². The van der Waals surface area contributed by atoms with E-state index >= 15 is 0 Å². The van der Waals surface area contributed by atoms with Crippen molar-refractivity contribution in [3.63, 3.8) is 0 Å². The summed E-state index contributed by atoms with van der Waals surface area (Å²) in [4.78, 5) is 11.3. The standard InChI is InChI=1S/C12H14O4/c1-15-12(14)9-3-2-8-6-10(4-5-13)16-11(8)7-9/h2-3,7,10,13H,4-6H2,1H3. The van der Waals surface area contributed by atoms with Crippen LogP contribution in [0, 0.1) is 0 Å². The maximum absolute atomic E-state index is 11.3. The Kier molecular flexibility index (Phi) is 3.10. The molecule has 1 aromatic rings. The van der Waals surface area contributed by atoms with Crippen LogP contribution in [0.3, 0.4) is 0 Å². The molecule has 0 spiro atoms. The van der Waals surface area contributed by atoms with Crippen LogP contribution in [0.25, 0.3) is 0 Å². The van der Waals surface area contributed by atoms with Gasteiger partial charge in [0.05, 0.1) is 12.7 Å². The van der Waals surface area contributed by atoms with Gasteiger partial charge in [0.25, 0.3) is 0 Å². The highest BCUT2D eigenvalue weighted by atomic mass is 16.5. The Balaban J connectivity index is 2.17. The van der Waals surface area contributed by atoms with E-state index in [4.69, 9.17) is 9.84 Å². The molecule has 2 rings (SSSR count). The first kappa shape index (κ1) is 11.0. The van der Waals surface area contributed by atoms with Crippen LogP contribution in [-0.2, 0) is 11.2 Å². The summed E-state index contributed by atoms with van der Waals surface area (Å²) in [6.07, 6.45) is 1.42. The third kappa shape index (κ3) is 2.02. The van der Waals surface area contributed by atoms with Gasteiger partial charge >= 0.3 is 5.97 Å². The molecule has 1 aliphatic rings. The highest BCUT2D eigenvalue weighted by Gasteiger charge is 2.23. The van der Waals surface area contributed by atoms with Gasteiger partial charge in [0, 0.05) is 19.4 Å². The van der Waals surface area contributed by atoms with Crippen molar-refractivity contribution in [1.82, 2.24) is 0 Å². The number of fused-ring (bicyclic) bond motifs is 1. The summed E-state index contributed by atoms with van der Waals surface area (Å²) in [7, 11) is 1.35. The van der Waals surface area contributed by atoms with E-state index in [1.54, 1.807) is 12.1 Å². The van der Waals surface area contributed by atoms with Gasteiger partial charge in [-0.1, -0.05) is 6.07 Å². The van der Waals surface area contributed by atoms with Gasteiger partial charge in [0.1, 0.15) is 11.9 Å². The average molecular weight is 222 g/mol. The van der Waals surface area contributed by atoms with Gasteiger partial charge in [0.2, 0.25) is 0 Å². The van der Waals surface area contributed by atoms with Crippen LogP contribution in [0.1, 0.15) is 22.3 Å². The first-order chi connectivity index (χ1) is 7.74. The van der Waals surface area contributed by atoms with Crippen molar-refractivity contribution in [2.75, 3.05) is 13.7 Å². The molecule has 1 heterocycles. The van der Waals surface area contributed by atoms with Gasteiger partial charge < -0.3 is 14.6 Å². The largest absolute Gasteiger partial charge is 0.490 e. The van der Waals surface area contributed by atoms with E-state index in [9.17, 15) is 4.79 Å². The van der Waals surface area contributed by atoms with Crippen molar-refractivity contribution in [3.8, 4) is 5.75 Å². The van der Waals surface area contributed by atoms with Crippen molar-refractivity contribution in [3.05, 3.63) is 29.3 Å². The third-order valence-corrected chi connectivity index (χ3v) is 2.68. The van der Waals surface area contributed by atoms with Crippen LogP contribution in [0.4, 0.5) is 0 Å². The summed E-state index contributed by atoms with van der Waals surface area (Å²) in [5.41, 5.74) is 1.57. The molecule has 4 heteroatoms. The predicted octanol–water partition coefficient (Wildman–Crippen LogP) is 1.16. The fourth-order valence-corrected chi connectivity index (χ4v) is 1.85. The summed E-state index contributed by atoms with van der Waals surface area (Å²) >= 11 is 0. The second kappa shape index (κ2) is 4.53. The number of carbonyl (C=O) groups is 1. The molecule has 0 aliphatic carbocycles. The molecule has 1 aromatic carbocycles. The van der Waals surface area contributed by atoms with Crippen LogP contribution in [0.5, 0.6) is 5.75 Å². The maximum atomic E-state index is 11.3. The number of methoxy groups -OCH3 is 1. The van der Waals surface area contributed by atoms with E-state index in [1.807, 2.05) is 6.07 Å². The molecule has 1 unspecified atom stereocenters. The van der Waals surface area contributed by atoms with Crippen molar-refractivity contribution < 1.29 is 19.4 Å². The van der Waals surface area contributed by atoms with Gasteiger partial charge in [0.15, 0.2) is 0 Å². The lowest BCUT2D eigenvalue weighted by atomic mass is 10.1. The number of aliphatic hydroxyl groups excluding tert-OH is 1. The molecule has 16 heavy (non-hydrogen) atoms. The Morgan fingerprint density at radius 2 is 2.44 bits per heavy atom. The molecule has 4 nitrogen and oxygen atoms in total. The van der Waals surface area contributed by atoms with Gasteiger partial charge in [-0.15, -0.1) is 0 Å². The zero-order chi connectivity index (χ0) is 11.5. The van der Waals surface area contributed by atoms with E-state index in [2.05, 4.69) is 4.74 Å². The second-order valence-corrected chi connectivity index (χ2v) is 3.77. The second-order valence-electron chi connectivity index (χ2n) is 3.77. The highest BCUT2D eigenvalue weighted by Crippen LogP contribution is 2.30. The van der Waals surface area contributed by atoms with Crippen LogP contribution < -0.4 is 4.74 Å². The number of carbonyl (C=O) groups excluding carboxylic acids is 1. The van der Waals surface area contributed by atoms with E-state index < -0.39 is 0 Å². The van der Waals surface area contributed by atoms with Crippen molar-refractivity contribution in [1.29, 1.82) is 0 Å². The lowest BCUT2D eigenvalue weighted by Gasteiger charge is -2.07. The Morgan fingerprint density at radius 1 is 1.62 bits per heavy atom. The van der Waals surface area contributed by atoms with Crippen LogP contribution >= 0.6 is 0 Å². The monoisotopic (exact) mass is 222 g/mol. The van der Waals surface area contributed by atoms with Crippen molar-refractivity contribution in [2.24, 2.45) is 0 Å². The quantitative estimate of drug-likeness (QED) is 0.780. The van der Waals surface area contributed by atoms with Crippen LogP contribution in [-0.4, -0.2) is 30.9 Å². The van der Waals surface area contributed by atoms with Crippen molar-refractivity contribution >= 4 is 5.97 Å². The maximum Gasteiger partial charge on any atom is 0.337 e.